The molecule has 1 aromatic carbocycles. The molecule has 1 saturated heterocycles. The number of thioether (sulfide) groups is 1. The molecule has 0 N–H and O–H groups in total. The number of morpholine rings is 1. The fraction of sp³-hybridized carbons (Fsp3) is 0.500. The molecular weight excluding hydrogens is 324 g/mol. The third-order valence-electron chi connectivity index (χ3n) is 3.78. The van der Waals surface area contributed by atoms with Crippen LogP contribution < -0.4 is 4.90 Å². The molecule has 1 amide bonds. The number of amides is 1. The van der Waals surface area contributed by atoms with Crippen molar-refractivity contribution >= 4 is 33.4 Å². The van der Waals surface area contributed by atoms with Crippen LogP contribution in [0.2, 0.25) is 0 Å². The standard InChI is InChI=1S/C14H18N2O4S2/c1-11(17)16-6-9-21-14-10-12(2-3-13(14)16)22(18,19)15-4-7-20-8-5-15/h2-3,10H,4-9H2,1H3. The van der Waals surface area contributed by atoms with E-state index in [0.717, 1.165) is 16.3 Å². The highest BCUT2D eigenvalue weighted by atomic mass is 32.2. The van der Waals surface area contributed by atoms with Crippen molar-refractivity contribution in [2.45, 2.75) is 16.7 Å². The summed E-state index contributed by atoms with van der Waals surface area (Å²) < 4.78 is 32.0. The van der Waals surface area contributed by atoms with Gasteiger partial charge in [0.1, 0.15) is 0 Å². The average Bonchev–Trinajstić information content (AvgIpc) is 2.54. The number of hydrogen-bond acceptors (Lipinski definition) is 5. The van der Waals surface area contributed by atoms with Crippen LogP contribution in [-0.2, 0) is 19.6 Å². The summed E-state index contributed by atoms with van der Waals surface area (Å²) >= 11 is 1.59. The van der Waals surface area contributed by atoms with E-state index in [4.69, 9.17) is 4.74 Å². The van der Waals surface area contributed by atoms with E-state index in [9.17, 15) is 13.2 Å². The van der Waals surface area contributed by atoms with E-state index in [0.29, 0.717) is 32.8 Å². The summed E-state index contributed by atoms with van der Waals surface area (Å²) in [7, 11) is -3.50. The van der Waals surface area contributed by atoms with Gasteiger partial charge in [-0.2, -0.15) is 4.31 Å². The van der Waals surface area contributed by atoms with Crippen molar-refractivity contribution < 1.29 is 17.9 Å². The van der Waals surface area contributed by atoms with Gasteiger partial charge >= 0.3 is 0 Å². The lowest BCUT2D eigenvalue weighted by molar-refractivity contribution is -0.116. The Hall–Kier alpha value is -1.09. The quantitative estimate of drug-likeness (QED) is 0.807. The van der Waals surface area contributed by atoms with Crippen LogP contribution in [0.25, 0.3) is 0 Å². The summed E-state index contributed by atoms with van der Waals surface area (Å²) in [6.45, 7) is 3.80. The highest BCUT2D eigenvalue weighted by molar-refractivity contribution is 7.99. The first-order chi connectivity index (χ1) is 10.5. The molecule has 0 atom stereocenters. The van der Waals surface area contributed by atoms with Gasteiger partial charge < -0.3 is 9.64 Å². The number of benzene rings is 1. The van der Waals surface area contributed by atoms with E-state index in [1.165, 1.54) is 11.2 Å². The second-order valence-corrected chi connectivity index (χ2v) is 8.24. The van der Waals surface area contributed by atoms with Crippen LogP contribution in [0.1, 0.15) is 6.92 Å². The number of anilines is 1. The zero-order valence-electron chi connectivity index (χ0n) is 12.3. The second kappa shape index (κ2) is 6.19. The molecule has 0 unspecified atom stereocenters. The molecule has 8 heteroatoms. The topological polar surface area (TPSA) is 66.9 Å². The maximum Gasteiger partial charge on any atom is 0.243 e. The van der Waals surface area contributed by atoms with Gasteiger partial charge in [0.05, 0.1) is 23.8 Å². The predicted molar refractivity (Wildman–Crippen MR) is 84.8 cm³/mol. The van der Waals surface area contributed by atoms with Gasteiger partial charge in [0.2, 0.25) is 15.9 Å². The van der Waals surface area contributed by atoms with Crippen LogP contribution >= 0.6 is 11.8 Å². The summed E-state index contributed by atoms with van der Waals surface area (Å²) in [6.07, 6.45) is 0. The summed E-state index contributed by atoms with van der Waals surface area (Å²) in [5, 5.41) is 0. The average molecular weight is 342 g/mol. The Morgan fingerprint density at radius 1 is 1.23 bits per heavy atom. The van der Waals surface area contributed by atoms with Crippen molar-refractivity contribution in [2.24, 2.45) is 0 Å². The summed E-state index contributed by atoms with van der Waals surface area (Å²) in [6, 6.07) is 5.00. The molecule has 0 spiro atoms. The molecule has 0 saturated carbocycles. The fourth-order valence-electron chi connectivity index (χ4n) is 2.62. The van der Waals surface area contributed by atoms with Crippen LogP contribution in [-0.4, -0.2) is 57.2 Å². The number of sulfonamides is 1. The van der Waals surface area contributed by atoms with Crippen molar-refractivity contribution in [3.05, 3.63) is 18.2 Å². The molecule has 0 radical (unpaired) electrons. The molecule has 0 bridgehead atoms. The Morgan fingerprint density at radius 3 is 2.64 bits per heavy atom. The molecule has 2 aliphatic heterocycles. The van der Waals surface area contributed by atoms with E-state index in [1.54, 1.807) is 34.9 Å². The smallest absolute Gasteiger partial charge is 0.243 e. The molecule has 22 heavy (non-hydrogen) atoms. The fourth-order valence-corrected chi connectivity index (χ4v) is 5.16. The Kier molecular flexibility index (Phi) is 4.44. The van der Waals surface area contributed by atoms with Crippen molar-refractivity contribution in [1.82, 2.24) is 4.31 Å². The number of hydrogen-bond donors (Lipinski definition) is 0. The van der Waals surface area contributed by atoms with Crippen LogP contribution in [0.4, 0.5) is 5.69 Å². The number of ether oxygens (including phenoxy) is 1. The highest BCUT2D eigenvalue weighted by Gasteiger charge is 2.28. The van der Waals surface area contributed by atoms with Gasteiger partial charge in [0, 0.05) is 37.2 Å². The number of fused-ring (bicyclic) bond motifs is 1. The van der Waals surface area contributed by atoms with Gasteiger partial charge in [-0.05, 0) is 18.2 Å². The molecule has 2 aliphatic rings. The lowest BCUT2D eigenvalue weighted by Crippen LogP contribution is -2.40. The Balaban J connectivity index is 1.94. The normalized spacial score (nSPS) is 19.8. The van der Waals surface area contributed by atoms with Gasteiger partial charge in [-0.1, -0.05) is 0 Å². The maximum absolute atomic E-state index is 12.7. The lowest BCUT2D eigenvalue weighted by atomic mass is 10.2. The van der Waals surface area contributed by atoms with Crippen molar-refractivity contribution in [3.63, 3.8) is 0 Å². The zero-order chi connectivity index (χ0) is 15.7. The number of rotatable bonds is 2. The van der Waals surface area contributed by atoms with E-state index in [1.807, 2.05) is 0 Å². The molecule has 1 fully saturated rings. The van der Waals surface area contributed by atoms with Crippen LogP contribution in [0, 0.1) is 0 Å². The molecule has 2 heterocycles. The highest BCUT2D eigenvalue weighted by Crippen LogP contribution is 2.36. The van der Waals surface area contributed by atoms with E-state index < -0.39 is 10.0 Å². The third-order valence-corrected chi connectivity index (χ3v) is 6.70. The van der Waals surface area contributed by atoms with Gasteiger partial charge in [-0.15, -0.1) is 11.8 Å². The van der Waals surface area contributed by atoms with Gasteiger partial charge in [-0.3, -0.25) is 4.79 Å². The lowest BCUT2D eigenvalue weighted by Gasteiger charge is -2.29. The Bertz CT molecular complexity index is 684. The SMILES string of the molecule is CC(=O)N1CCSc2cc(S(=O)(=O)N3CCOCC3)ccc21. The molecule has 6 nitrogen and oxygen atoms in total. The monoisotopic (exact) mass is 342 g/mol. The van der Waals surface area contributed by atoms with Crippen molar-refractivity contribution in [2.75, 3.05) is 43.5 Å². The maximum atomic E-state index is 12.7. The minimum atomic E-state index is -3.50. The minimum Gasteiger partial charge on any atom is -0.379 e. The Morgan fingerprint density at radius 2 is 1.95 bits per heavy atom. The van der Waals surface area contributed by atoms with Gasteiger partial charge in [0.15, 0.2) is 0 Å². The largest absolute Gasteiger partial charge is 0.379 e. The van der Waals surface area contributed by atoms with Crippen molar-refractivity contribution in [1.29, 1.82) is 0 Å². The first-order valence-corrected chi connectivity index (χ1v) is 9.55. The molecule has 0 aromatic heterocycles. The predicted octanol–water partition coefficient (Wildman–Crippen LogP) is 1.17. The zero-order valence-corrected chi connectivity index (χ0v) is 14.0. The molecule has 0 aliphatic carbocycles. The van der Waals surface area contributed by atoms with Crippen molar-refractivity contribution in [3.8, 4) is 0 Å². The molecule has 3 rings (SSSR count). The summed E-state index contributed by atoms with van der Waals surface area (Å²) in [4.78, 5) is 14.5. The summed E-state index contributed by atoms with van der Waals surface area (Å²) in [5.74, 6) is 0.749. The molecule has 120 valence electrons. The third kappa shape index (κ3) is 2.88. The first kappa shape index (κ1) is 15.8. The first-order valence-electron chi connectivity index (χ1n) is 7.13. The minimum absolute atomic E-state index is 0.0228. The van der Waals surface area contributed by atoms with Crippen LogP contribution in [0.3, 0.4) is 0 Å². The molecular formula is C14H18N2O4S2. The van der Waals surface area contributed by atoms with Crippen LogP contribution in [0.5, 0.6) is 0 Å². The second-order valence-electron chi connectivity index (χ2n) is 5.17. The number of carbonyl (C=O) groups is 1. The van der Waals surface area contributed by atoms with Gasteiger partial charge in [0.25, 0.3) is 0 Å². The van der Waals surface area contributed by atoms with E-state index in [-0.39, 0.29) is 10.8 Å². The Labute approximate surface area is 134 Å². The van der Waals surface area contributed by atoms with Gasteiger partial charge in [-0.25, -0.2) is 8.42 Å². The molecule has 1 aromatic rings. The van der Waals surface area contributed by atoms with E-state index in [2.05, 4.69) is 0 Å². The summed E-state index contributed by atoms with van der Waals surface area (Å²) in [5.41, 5.74) is 0.796. The van der Waals surface area contributed by atoms with Crippen LogP contribution in [0.15, 0.2) is 28.0 Å². The number of carbonyl (C=O) groups excluding carboxylic acids is 1. The van der Waals surface area contributed by atoms with E-state index >= 15 is 0 Å². The number of nitrogens with zero attached hydrogens (tertiary/aromatic N) is 2.